The molecule has 0 bridgehead atoms. The van der Waals surface area contributed by atoms with Gasteiger partial charge in [0, 0.05) is 10.6 Å². The zero-order valence-corrected chi connectivity index (χ0v) is 16.6. The van der Waals surface area contributed by atoms with Crippen LogP contribution in [0.25, 0.3) is 11.0 Å². The van der Waals surface area contributed by atoms with Crippen LogP contribution in [0.1, 0.15) is 36.5 Å². The number of fused-ring (bicyclic) bond motifs is 1. The van der Waals surface area contributed by atoms with Crippen LogP contribution in [0.3, 0.4) is 0 Å². The Labute approximate surface area is 168 Å². The van der Waals surface area contributed by atoms with Gasteiger partial charge in [-0.05, 0) is 42.3 Å². The number of para-hydroxylation sites is 2. The van der Waals surface area contributed by atoms with Crippen LogP contribution in [-0.2, 0) is 11.3 Å². The van der Waals surface area contributed by atoms with Gasteiger partial charge in [0.15, 0.2) is 0 Å². The van der Waals surface area contributed by atoms with Crippen molar-refractivity contribution < 1.29 is 9.59 Å². The maximum absolute atomic E-state index is 12.8. The summed E-state index contributed by atoms with van der Waals surface area (Å²) in [5, 5.41) is 6.27. The Morgan fingerprint density at radius 2 is 1.86 bits per heavy atom. The number of rotatable bonds is 7. The van der Waals surface area contributed by atoms with E-state index in [2.05, 4.69) is 20.6 Å². The highest BCUT2D eigenvalue weighted by Crippen LogP contribution is 2.13. The smallest absolute Gasteiger partial charge is 0.251 e. The summed E-state index contributed by atoms with van der Waals surface area (Å²) < 4.78 is 0. The lowest BCUT2D eigenvalue weighted by Gasteiger charge is -2.23. The summed E-state index contributed by atoms with van der Waals surface area (Å²) in [6.45, 7) is 4.18. The normalized spacial score (nSPS) is 13.1. The molecule has 0 aliphatic rings. The van der Waals surface area contributed by atoms with Crippen molar-refractivity contribution in [1.29, 1.82) is 0 Å². The van der Waals surface area contributed by atoms with Gasteiger partial charge in [0.2, 0.25) is 5.91 Å². The summed E-state index contributed by atoms with van der Waals surface area (Å²) in [6, 6.07) is 13.6. The van der Waals surface area contributed by atoms with E-state index >= 15 is 0 Å². The molecule has 1 heterocycles. The van der Waals surface area contributed by atoms with Crippen LogP contribution in [0, 0.1) is 5.92 Å². The van der Waals surface area contributed by atoms with Crippen LogP contribution < -0.4 is 10.6 Å². The van der Waals surface area contributed by atoms with Crippen molar-refractivity contribution in [2.45, 2.75) is 32.9 Å². The summed E-state index contributed by atoms with van der Waals surface area (Å²) >= 11 is 5.87. The quantitative estimate of drug-likeness (QED) is 0.567. The van der Waals surface area contributed by atoms with Crippen LogP contribution >= 0.6 is 11.6 Å². The molecule has 0 radical (unpaired) electrons. The molecule has 2 atom stereocenters. The van der Waals surface area contributed by atoms with Crippen molar-refractivity contribution >= 4 is 34.4 Å². The van der Waals surface area contributed by atoms with Crippen LogP contribution in [0.2, 0.25) is 5.02 Å². The molecule has 3 N–H and O–H groups in total. The van der Waals surface area contributed by atoms with Crippen LogP contribution in [-0.4, -0.2) is 27.8 Å². The molecule has 0 saturated carbocycles. The Morgan fingerprint density at radius 3 is 2.54 bits per heavy atom. The third-order valence-electron chi connectivity index (χ3n) is 4.76. The Morgan fingerprint density at radius 1 is 1.14 bits per heavy atom. The van der Waals surface area contributed by atoms with Crippen LogP contribution in [0.5, 0.6) is 0 Å². The van der Waals surface area contributed by atoms with Gasteiger partial charge in [-0.15, -0.1) is 0 Å². The van der Waals surface area contributed by atoms with Crippen LogP contribution in [0.4, 0.5) is 0 Å². The Bertz CT molecular complexity index is 935. The zero-order chi connectivity index (χ0) is 20.1. The number of carbonyl (C=O) groups excluding carboxylic acids is 2. The highest BCUT2D eigenvalue weighted by molar-refractivity contribution is 6.30. The van der Waals surface area contributed by atoms with E-state index in [1.54, 1.807) is 24.3 Å². The molecule has 7 heteroatoms. The number of amides is 2. The maximum atomic E-state index is 12.8. The molecule has 28 heavy (non-hydrogen) atoms. The van der Waals surface area contributed by atoms with Crippen LogP contribution in [0.15, 0.2) is 48.5 Å². The maximum Gasteiger partial charge on any atom is 0.251 e. The van der Waals surface area contributed by atoms with Crippen molar-refractivity contribution in [1.82, 2.24) is 20.6 Å². The van der Waals surface area contributed by atoms with E-state index < -0.39 is 6.04 Å². The van der Waals surface area contributed by atoms with Gasteiger partial charge in [-0.2, -0.15) is 0 Å². The Hall–Kier alpha value is -2.86. The summed E-state index contributed by atoms with van der Waals surface area (Å²) in [5.41, 5.74) is 2.23. The molecule has 3 rings (SSSR count). The second-order valence-corrected chi connectivity index (χ2v) is 7.20. The molecule has 0 fully saturated rings. The molecule has 0 spiro atoms. The lowest BCUT2D eigenvalue weighted by atomic mass is 9.98. The minimum absolute atomic E-state index is 0.0214. The van der Waals surface area contributed by atoms with Crippen molar-refractivity contribution in [2.24, 2.45) is 5.92 Å². The molecule has 0 saturated heterocycles. The number of aromatic nitrogens is 2. The first-order valence-electron chi connectivity index (χ1n) is 9.25. The zero-order valence-electron chi connectivity index (χ0n) is 15.8. The first-order chi connectivity index (χ1) is 13.5. The summed E-state index contributed by atoms with van der Waals surface area (Å²) in [7, 11) is 0. The fourth-order valence-electron chi connectivity index (χ4n) is 2.90. The molecule has 6 nitrogen and oxygen atoms in total. The first-order valence-corrected chi connectivity index (χ1v) is 9.63. The molecule has 3 aromatic rings. The number of aromatic amines is 1. The molecular formula is C21H23ClN4O2. The average molecular weight is 399 g/mol. The van der Waals surface area contributed by atoms with E-state index in [0.717, 1.165) is 17.5 Å². The Balaban J connectivity index is 1.67. The second-order valence-electron chi connectivity index (χ2n) is 6.76. The van der Waals surface area contributed by atoms with Gasteiger partial charge in [0.25, 0.3) is 5.91 Å². The lowest BCUT2D eigenvalue weighted by Crippen LogP contribution is -2.50. The first kappa shape index (κ1) is 19.9. The number of H-pyrrole nitrogens is 1. The predicted octanol–water partition coefficient (Wildman–Crippen LogP) is 3.68. The molecule has 2 unspecified atom stereocenters. The van der Waals surface area contributed by atoms with E-state index in [-0.39, 0.29) is 24.3 Å². The van der Waals surface area contributed by atoms with Gasteiger partial charge in [-0.1, -0.05) is 44.0 Å². The van der Waals surface area contributed by atoms with Crippen molar-refractivity contribution in [2.75, 3.05) is 0 Å². The van der Waals surface area contributed by atoms with Crippen molar-refractivity contribution in [3.63, 3.8) is 0 Å². The SMILES string of the molecule is CCC(C)C(NC(=O)c1ccc(Cl)cc1)C(=O)NCc1nc2ccccc2[nH]1. The molecule has 146 valence electrons. The van der Waals surface area contributed by atoms with Crippen molar-refractivity contribution in [3.05, 3.63) is 64.9 Å². The molecular weight excluding hydrogens is 376 g/mol. The Kier molecular flexibility index (Phi) is 6.31. The molecule has 0 aliphatic carbocycles. The van der Waals surface area contributed by atoms with E-state index in [1.165, 1.54) is 0 Å². The highest BCUT2D eigenvalue weighted by atomic mass is 35.5. The van der Waals surface area contributed by atoms with E-state index in [1.807, 2.05) is 38.1 Å². The van der Waals surface area contributed by atoms with Gasteiger partial charge >= 0.3 is 0 Å². The van der Waals surface area contributed by atoms with E-state index in [0.29, 0.717) is 16.4 Å². The topological polar surface area (TPSA) is 86.9 Å². The van der Waals surface area contributed by atoms with Gasteiger partial charge in [0.05, 0.1) is 17.6 Å². The molecule has 2 aromatic carbocycles. The fraction of sp³-hybridized carbons (Fsp3) is 0.286. The highest BCUT2D eigenvalue weighted by Gasteiger charge is 2.26. The third-order valence-corrected chi connectivity index (χ3v) is 5.01. The standard InChI is InChI=1S/C21H23ClN4O2/c1-3-13(2)19(26-20(27)14-8-10-15(22)11-9-14)21(28)23-12-18-24-16-6-4-5-7-17(16)25-18/h4-11,13,19H,3,12H2,1-2H3,(H,23,28)(H,24,25)(H,26,27). The monoisotopic (exact) mass is 398 g/mol. The number of benzene rings is 2. The molecule has 0 aliphatic heterocycles. The van der Waals surface area contributed by atoms with Crippen molar-refractivity contribution in [3.8, 4) is 0 Å². The third kappa shape index (κ3) is 4.70. The lowest BCUT2D eigenvalue weighted by molar-refractivity contribution is -0.124. The minimum atomic E-state index is -0.641. The second kappa shape index (κ2) is 8.89. The van der Waals surface area contributed by atoms with E-state index in [9.17, 15) is 9.59 Å². The van der Waals surface area contributed by atoms with Gasteiger partial charge in [0.1, 0.15) is 11.9 Å². The largest absolute Gasteiger partial charge is 0.347 e. The minimum Gasteiger partial charge on any atom is -0.347 e. The number of carbonyl (C=O) groups is 2. The van der Waals surface area contributed by atoms with Gasteiger partial charge in [-0.25, -0.2) is 4.98 Å². The fourth-order valence-corrected chi connectivity index (χ4v) is 3.02. The number of nitrogens with zero attached hydrogens (tertiary/aromatic N) is 1. The number of nitrogens with one attached hydrogen (secondary N) is 3. The van der Waals surface area contributed by atoms with E-state index in [4.69, 9.17) is 11.6 Å². The number of halogens is 1. The molecule has 1 aromatic heterocycles. The summed E-state index contributed by atoms with van der Waals surface area (Å²) in [4.78, 5) is 32.9. The number of hydrogen-bond acceptors (Lipinski definition) is 3. The summed E-state index contributed by atoms with van der Waals surface area (Å²) in [5.74, 6) is 0.103. The van der Waals surface area contributed by atoms with Gasteiger partial charge < -0.3 is 15.6 Å². The number of hydrogen-bond donors (Lipinski definition) is 3. The number of imidazole rings is 1. The predicted molar refractivity (Wildman–Crippen MR) is 110 cm³/mol. The molecule has 2 amide bonds. The average Bonchev–Trinajstić information content (AvgIpc) is 3.13. The summed E-state index contributed by atoms with van der Waals surface area (Å²) in [6.07, 6.45) is 0.754. The van der Waals surface area contributed by atoms with Gasteiger partial charge in [-0.3, -0.25) is 9.59 Å².